The van der Waals surface area contributed by atoms with Gasteiger partial charge in [0, 0.05) is 17.6 Å². The van der Waals surface area contributed by atoms with E-state index >= 15 is 0 Å². The second-order valence-corrected chi connectivity index (χ2v) is 5.80. The fourth-order valence-corrected chi connectivity index (χ4v) is 3.02. The molecule has 0 amide bonds. The van der Waals surface area contributed by atoms with Crippen molar-refractivity contribution in [1.29, 1.82) is 0 Å². The number of hydrogen-bond donors (Lipinski definition) is 2. The van der Waals surface area contributed by atoms with Crippen LogP contribution in [-0.2, 0) is 13.0 Å². The summed E-state index contributed by atoms with van der Waals surface area (Å²) in [5.41, 5.74) is 9.50. The Morgan fingerprint density at radius 3 is 2.91 bits per heavy atom. The van der Waals surface area contributed by atoms with Crippen molar-refractivity contribution in [2.45, 2.75) is 39.7 Å². The first-order chi connectivity index (χ1) is 10.7. The summed E-state index contributed by atoms with van der Waals surface area (Å²) in [4.78, 5) is 13.0. The van der Waals surface area contributed by atoms with Crippen LogP contribution in [0, 0.1) is 6.92 Å². The molecule has 0 unspecified atom stereocenters. The SMILES string of the molecule is CCCc1[nH]nc2c1c(=O)n(CCCN)c1ccc(C)cc21. The smallest absolute Gasteiger partial charge is 0.262 e. The number of hydrogen-bond acceptors (Lipinski definition) is 3. The molecule has 0 fully saturated rings. The maximum atomic E-state index is 13.0. The van der Waals surface area contributed by atoms with Crippen molar-refractivity contribution in [3.05, 3.63) is 39.8 Å². The van der Waals surface area contributed by atoms with E-state index < -0.39 is 0 Å². The third-order valence-electron chi connectivity index (χ3n) is 4.08. The number of nitrogens with two attached hydrogens (primary N) is 1. The number of benzene rings is 1. The Morgan fingerprint density at radius 2 is 2.18 bits per heavy atom. The van der Waals surface area contributed by atoms with Gasteiger partial charge in [-0.2, -0.15) is 5.10 Å². The Hall–Kier alpha value is -2.14. The van der Waals surface area contributed by atoms with Gasteiger partial charge in [0.2, 0.25) is 0 Å². The lowest BCUT2D eigenvalue weighted by Gasteiger charge is -2.11. The molecule has 0 aliphatic rings. The number of nitrogens with zero attached hydrogens (tertiary/aromatic N) is 2. The highest BCUT2D eigenvalue weighted by Crippen LogP contribution is 2.24. The first-order valence-electron chi connectivity index (χ1n) is 7.87. The lowest BCUT2D eigenvalue weighted by molar-refractivity contribution is 0.653. The highest BCUT2D eigenvalue weighted by molar-refractivity contribution is 6.04. The molecule has 0 aliphatic carbocycles. The van der Waals surface area contributed by atoms with E-state index in [1.165, 1.54) is 0 Å². The van der Waals surface area contributed by atoms with Gasteiger partial charge < -0.3 is 10.3 Å². The highest BCUT2D eigenvalue weighted by atomic mass is 16.1. The van der Waals surface area contributed by atoms with E-state index in [0.717, 1.165) is 52.3 Å². The lowest BCUT2D eigenvalue weighted by Crippen LogP contribution is -2.22. The summed E-state index contributed by atoms with van der Waals surface area (Å²) in [6, 6.07) is 6.15. The molecule has 0 aliphatic heterocycles. The molecule has 0 spiro atoms. The number of fused-ring (bicyclic) bond motifs is 3. The Morgan fingerprint density at radius 1 is 1.36 bits per heavy atom. The van der Waals surface area contributed by atoms with E-state index in [2.05, 4.69) is 30.1 Å². The first-order valence-corrected chi connectivity index (χ1v) is 7.87. The Balaban J connectivity index is 2.40. The second kappa shape index (κ2) is 5.93. The van der Waals surface area contributed by atoms with Gasteiger partial charge in [0.25, 0.3) is 5.56 Å². The molecule has 116 valence electrons. The van der Waals surface area contributed by atoms with Crippen LogP contribution in [0.25, 0.3) is 21.8 Å². The van der Waals surface area contributed by atoms with Gasteiger partial charge in [-0.3, -0.25) is 9.89 Å². The van der Waals surface area contributed by atoms with Crippen molar-refractivity contribution >= 4 is 21.8 Å². The average molecular weight is 298 g/mol. The fourth-order valence-electron chi connectivity index (χ4n) is 3.02. The Kier molecular flexibility index (Phi) is 3.98. The largest absolute Gasteiger partial charge is 0.330 e. The molecule has 3 N–H and O–H groups in total. The van der Waals surface area contributed by atoms with Crippen LogP contribution in [-0.4, -0.2) is 21.3 Å². The van der Waals surface area contributed by atoms with Gasteiger partial charge in [-0.1, -0.05) is 25.0 Å². The van der Waals surface area contributed by atoms with Gasteiger partial charge in [-0.25, -0.2) is 0 Å². The van der Waals surface area contributed by atoms with Gasteiger partial charge in [0.1, 0.15) is 5.52 Å². The standard InChI is InChI=1S/C17H22N4O/c1-3-5-13-15-16(20-19-13)12-10-11(2)6-7-14(12)21(17(15)22)9-4-8-18/h6-7,10H,3-5,8-9,18H2,1-2H3,(H,19,20). The molecule has 0 atom stereocenters. The van der Waals surface area contributed by atoms with Crippen LogP contribution in [0.3, 0.4) is 0 Å². The molecule has 3 aromatic rings. The van der Waals surface area contributed by atoms with Crippen LogP contribution >= 0.6 is 0 Å². The highest BCUT2D eigenvalue weighted by Gasteiger charge is 2.16. The van der Waals surface area contributed by atoms with Crippen molar-refractivity contribution in [3.8, 4) is 0 Å². The van der Waals surface area contributed by atoms with E-state index in [0.29, 0.717) is 13.1 Å². The normalized spacial score (nSPS) is 11.6. The Labute approximate surface area is 129 Å². The van der Waals surface area contributed by atoms with Crippen LogP contribution in [0.5, 0.6) is 0 Å². The van der Waals surface area contributed by atoms with Crippen LogP contribution in [0.4, 0.5) is 0 Å². The third-order valence-corrected chi connectivity index (χ3v) is 4.08. The van der Waals surface area contributed by atoms with Gasteiger partial charge in [-0.05, 0) is 38.4 Å². The zero-order chi connectivity index (χ0) is 15.7. The number of nitrogens with one attached hydrogen (secondary N) is 1. The maximum Gasteiger partial charge on any atom is 0.262 e. The van der Waals surface area contributed by atoms with E-state index in [1.54, 1.807) is 0 Å². The minimum absolute atomic E-state index is 0.0389. The summed E-state index contributed by atoms with van der Waals surface area (Å²) in [5, 5.41) is 9.25. The van der Waals surface area contributed by atoms with Gasteiger partial charge in [0.05, 0.1) is 10.9 Å². The van der Waals surface area contributed by atoms with Crippen molar-refractivity contribution in [2.24, 2.45) is 5.73 Å². The monoisotopic (exact) mass is 298 g/mol. The summed E-state index contributed by atoms with van der Waals surface area (Å²) < 4.78 is 1.85. The first kappa shape index (κ1) is 14.8. The van der Waals surface area contributed by atoms with E-state index in [4.69, 9.17) is 5.73 Å². The Bertz CT molecular complexity index is 876. The van der Waals surface area contributed by atoms with Gasteiger partial charge >= 0.3 is 0 Å². The minimum atomic E-state index is 0.0389. The molecule has 3 rings (SSSR count). The molecule has 0 saturated heterocycles. The number of pyridine rings is 1. The van der Waals surface area contributed by atoms with Crippen LogP contribution in [0.1, 0.15) is 31.0 Å². The number of aryl methyl sites for hydroxylation is 3. The number of aromatic amines is 1. The van der Waals surface area contributed by atoms with Crippen molar-refractivity contribution in [1.82, 2.24) is 14.8 Å². The third kappa shape index (κ3) is 2.31. The molecule has 2 heterocycles. The minimum Gasteiger partial charge on any atom is -0.330 e. The van der Waals surface area contributed by atoms with Crippen LogP contribution in [0.15, 0.2) is 23.0 Å². The molecule has 1 aromatic carbocycles. The quantitative estimate of drug-likeness (QED) is 0.759. The average Bonchev–Trinajstić information content (AvgIpc) is 2.92. The second-order valence-electron chi connectivity index (χ2n) is 5.80. The van der Waals surface area contributed by atoms with E-state index in [1.807, 2.05) is 16.7 Å². The van der Waals surface area contributed by atoms with Crippen LogP contribution in [0.2, 0.25) is 0 Å². The number of H-pyrrole nitrogens is 1. The van der Waals surface area contributed by atoms with Crippen molar-refractivity contribution in [3.63, 3.8) is 0 Å². The molecule has 0 saturated carbocycles. The van der Waals surface area contributed by atoms with Crippen LogP contribution < -0.4 is 11.3 Å². The molecule has 0 bridgehead atoms. The molecular formula is C17H22N4O. The zero-order valence-electron chi connectivity index (χ0n) is 13.1. The topological polar surface area (TPSA) is 76.7 Å². The summed E-state index contributed by atoms with van der Waals surface area (Å²) in [6.45, 7) is 5.37. The predicted molar refractivity (Wildman–Crippen MR) is 90.3 cm³/mol. The summed E-state index contributed by atoms with van der Waals surface area (Å²) in [6.07, 6.45) is 2.60. The summed E-state index contributed by atoms with van der Waals surface area (Å²) in [5.74, 6) is 0. The maximum absolute atomic E-state index is 13.0. The number of aromatic nitrogens is 3. The molecule has 22 heavy (non-hydrogen) atoms. The summed E-state index contributed by atoms with van der Waals surface area (Å²) in [7, 11) is 0. The van der Waals surface area contributed by atoms with Crippen molar-refractivity contribution in [2.75, 3.05) is 6.54 Å². The van der Waals surface area contributed by atoms with Gasteiger partial charge in [-0.15, -0.1) is 0 Å². The number of rotatable bonds is 5. The fraction of sp³-hybridized carbons (Fsp3) is 0.412. The molecule has 2 aromatic heterocycles. The molecule has 5 heteroatoms. The zero-order valence-corrected chi connectivity index (χ0v) is 13.1. The summed E-state index contributed by atoms with van der Waals surface area (Å²) >= 11 is 0. The lowest BCUT2D eigenvalue weighted by atomic mass is 10.1. The molecule has 5 nitrogen and oxygen atoms in total. The molecular weight excluding hydrogens is 276 g/mol. The predicted octanol–water partition coefficient (Wildman–Crippen LogP) is 2.49. The van der Waals surface area contributed by atoms with Gasteiger partial charge in [0.15, 0.2) is 0 Å². The molecule has 0 radical (unpaired) electrons. The van der Waals surface area contributed by atoms with E-state index in [9.17, 15) is 4.79 Å². The van der Waals surface area contributed by atoms with E-state index in [-0.39, 0.29) is 5.56 Å². The van der Waals surface area contributed by atoms with Crippen molar-refractivity contribution < 1.29 is 0 Å².